The number of benzene rings is 1. The predicted molar refractivity (Wildman–Crippen MR) is 77.1 cm³/mol. The summed E-state index contributed by atoms with van der Waals surface area (Å²) < 4.78 is 0. The Morgan fingerprint density at radius 1 is 1.45 bits per heavy atom. The number of amides is 1. The molecule has 3 rings (SSSR count). The first-order chi connectivity index (χ1) is 9.69. The predicted octanol–water partition coefficient (Wildman–Crippen LogP) is 0.488. The number of nitrogens with two attached hydrogens (primary N) is 1. The van der Waals surface area contributed by atoms with Gasteiger partial charge in [-0.05, 0) is 18.1 Å². The van der Waals surface area contributed by atoms with Crippen LogP contribution in [-0.4, -0.2) is 46.6 Å². The molecule has 1 fully saturated rings. The minimum Gasteiger partial charge on any atom is -0.396 e. The topological polar surface area (TPSA) is 82.4 Å². The molecule has 2 aromatic rings. The Balaban J connectivity index is 1.67. The first kappa shape index (κ1) is 13.1. The third-order valence-electron chi connectivity index (χ3n) is 3.96. The number of fused-ring (bicyclic) bond motifs is 1. The van der Waals surface area contributed by atoms with Gasteiger partial charge in [-0.25, -0.2) is 0 Å². The number of likely N-dealkylation sites (tertiary alicyclic amines) is 1. The van der Waals surface area contributed by atoms with Crippen molar-refractivity contribution < 1.29 is 9.90 Å². The van der Waals surface area contributed by atoms with Crippen molar-refractivity contribution in [3.8, 4) is 0 Å². The van der Waals surface area contributed by atoms with E-state index in [-0.39, 0.29) is 18.4 Å². The molecule has 0 radical (unpaired) electrons. The lowest BCUT2D eigenvalue weighted by Crippen LogP contribution is -2.56. The van der Waals surface area contributed by atoms with Crippen molar-refractivity contribution in [1.29, 1.82) is 0 Å². The fourth-order valence-corrected chi connectivity index (χ4v) is 2.72. The third-order valence-corrected chi connectivity index (χ3v) is 3.96. The summed E-state index contributed by atoms with van der Waals surface area (Å²) in [5.41, 5.74) is 8.16. The van der Waals surface area contributed by atoms with Gasteiger partial charge in [-0.1, -0.05) is 18.2 Å². The number of carbonyl (C=O) groups excluding carboxylic acids is 1. The Morgan fingerprint density at radius 3 is 2.95 bits per heavy atom. The number of hydrogen-bond donors (Lipinski definition) is 3. The highest BCUT2D eigenvalue weighted by atomic mass is 16.3. The van der Waals surface area contributed by atoms with Crippen molar-refractivity contribution in [3.63, 3.8) is 0 Å². The number of nitrogens with one attached hydrogen (secondary N) is 1. The SMILES string of the molecule is N[C@@H](Cc1c[nH]c2ccccc12)C(=O)N1CC(CO)C1. The smallest absolute Gasteiger partial charge is 0.239 e. The summed E-state index contributed by atoms with van der Waals surface area (Å²) in [6.45, 7) is 1.38. The fourth-order valence-electron chi connectivity index (χ4n) is 2.72. The van der Waals surface area contributed by atoms with E-state index in [4.69, 9.17) is 10.8 Å². The summed E-state index contributed by atoms with van der Waals surface area (Å²) in [4.78, 5) is 17.1. The zero-order chi connectivity index (χ0) is 14.1. The summed E-state index contributed by atoms with van der Waals surface area (Å²) in [5.74, 6) is 0.194. The number of hydrogen-bond acceptors (Lipinski definition) is 3. The van der Waals surface area contributed by atoms with Crippen LogP contribution >= 0.6 is 0 Å². The maximum absolute atomic E-state index is 12.2. The van der Waals surface area contributed by atoms with E-state index in [1.807, 2.05) is 30.5 Å². The number of para-hydroxylation sites is 1. The highest BCUT2D eigenvalue weighted by molar-refractivity contribution is 5.86. The van der Waals surface area contributed by atoms with Crippen molar-refractivity contribution in [2.24, 2.45) is 11.7 Å². The molecule has 4 N–H and O–H groups in total. The van der Waals surface area contributed by atoms with E-state index in [9.17, 15) is 4.79 Å². The molecule has 5 heteroatoms. The molecule has 106 valence electrons. The van der Waals surface area contributed by atoms with E-state index in [0.29, 0.717) is 19.5 Å². The molecule has 1 aromatic heterocycles. The van der Waals surface area contributed by atoms with Crippen LogP contribution in [-0.2, 0) is 11.2 Å². The van der Waals surface area contributed by atoms with Crippen molar-refractivity contribution in [1.82, 2.24) is 9.88 Å². The Labute approximate surface area is 117 Å². The molecule has 20 heavy (non-hydrogen) atoms. The average molecular weight is 273 g/mol. The van der Waals surface area contributed by atoms with E-state index in [1.165, 1.54) is 0 Å². The third kappa shape index (κ3) is 2.30. The molecule has 1 saturated heterocycles. The lowest BCUT2D eigenvalue weighted by atomic mass is 9.98. The number of rotatable bonds is 4. The number of aliphatic hydroxyl groups is 1. The van der Waals surface area contributed by atoms with Crippen LogP contribution < -0.4 is 5.73 Å². The van der Waals surface area contributed by atoms with Crippen LogP contribution in [0.2, 0.25) is 0 Å². The lowest BCUT2D eigenvalue weighted by Gasteiger charge is -2.39. The standard InChI is InChI=1S/C15H19N3O2/c16-13(15(20)18-7-10(8-18)9-19)5-11-6-17-14-4-2-1-3-12(11)14/h1-4,6,10,13,17,19H,5,7-9,16H2/t13-/m0/s1. The average Bonchev–Trinajstić information content (AvgIpc) is 2.81. The van der Waals surface area contributed by atoms with Crippen molar-refractivity contribution in [2.45, 2.75) is 12.5 Å². The van der Waals surface area contributed by atoms with Crippen LogP contribution in [0.1, 0.15) is 5.56 Å². The lowest BCUT2D eigenvalue weighted by molar-refractivity contribution is -0.139. The number of aromatic nitrogens is 1. The summed E-state index contributed by atoms with van der Waals surface area (Å²) in [6.07, 6.45) is 2.45. The maximum Gasteiger partial charge on any atom is 0.239 e. The molecule has 2 heterocycles. The minimum absolute atomic E-state index is 0.0278. The molecule has 0 aliphatic carbocycles. The van der Waals surface area contributed by atoms with Crippen LogP contribution in [0.5, 0.6) is 0 Å². The summed E-state index contributed by atoms with van der Waals surface area (Å²) in [6, 6.07) is 7.47. The van der Waals surface area contributed by atoms with Gasteiger partial charge >= 0.3 is 0 Å². The van der Waals surface area contributed by atoms with Gasteiger partial charge in [0.15, 0.2) is 0 Å². The van der Waals surface area contributed by atoms with Gasteiger partial charge in [-0.3, -0.25) is 4.79 Å². The molecule has 1 aliphatic rings. The molecule has 5 nitrogen and oxygen atoms in total. The van der Waals surface area contributed by atoms with Gasteiger partial charge in [0.1, 0.15) is 0 Å². The molecule has 1 amide bonds. The van der Waals surface area contributed by atoms with Crippen LogP contribution in [0, 0.1) is 5.92 Å². The molecule has 1 atom stereocenters. The second-order valence-corrected chi connectivity index (χ2v) is 5.46. The molecular formula is C15H19N3O2. The van der Waals surface area contributed by atoms with Crippen molar-refractivity contribution >= 4 is 16.8 Å². The number of aromatic amines is 1. The van der Waals surface area contributed by atoms with E-state index in [1.54, 1.807) is 4.90 Å². The van der Waals surface area contributed by atoms with Gasteiger partial charge in [-0.2, -0.15) is 0 Å². The number of nitrogens with zero attached hydrogens (tertiary/aromatic N) is 1. The summed E-state index contributed by atoms with van der Waals surface area (Å²) in [5, 5.41) is 10.1. The van der Waals surface area contributed by atoms with E-state index in [2.05, 4.69) is 4.98 Å². The van der Waals surface area contributed by atoms with Crippen LogP contribution in [0.25, 0.3) is 10.9 Å². The zero-order valence-electron chi connectivity index (χ0n) is 11.2. The van der Waals surface area contributed by atoms with E-state index >= 15 is 0 Å². The Hall–Kier alpha value is -1.85. The molecule has 0 unspecified atom stereocenters. The van der Waals surface area contributed by atoms with Gasteiger partial charge in [0.2, 0.25) is 5.91 Å². The van der Waals surface area contributed by atoms with Gasteiger partial charge in [0, 0.05) is 42.7 Å². The molecule has 1 aromatic carbocycles. The summed E-state index contributed by atoms with van der Waals surface area (Å²) >= 11 is 0. The molecule has 0 spiro atoms. The van der Waals surface area contributed by atoms with Gasteiger partial charge in [0.25, 0.3) is 0 Å². The van der Waals surface area contributed by atoms with Crippen LogP contribution in [0.15, 0.2) is 30.5 Å². The number of aliphatic hydroxyl groups excluding tert-OH is 1. The quantitative estimate of drug-likeness (QED) is 0.758. The second-order valence-electron chi connectivity index (χ2n) is 5.46. The normalized spacial score (nSPS) is 17.2. The van der Waals surface area contributed by atoms with Crippen molar-refractivity contribution in [3.05, 3.63) is 36.0 Å². The molecule has 0 bridgehead atoms. The Morgan fingerprint density at radius 2 is 2.20 bits per heavy atom. The number of H-pyrrole nitrogens is 1. The molecule has 0 saturated carbocycles. The van der Waals surface area contributed by atoms with Gasteiger partial charge < -0.3 is 20.7 Å². The first-order valence-corrected chi connectivity index (χ1v) is 6.89. The monoisotopic (exact) mass is 273 g/mol. The Bertz CT molecular complexity index is 616. The fraction of sp³-hybridized carbons (Fsp3) is 0.400. The Kier molecular flexibility index (Phi) is 3.46. The van der Waals surface area contributed by atoms with Crippen molar-refractivity contribution in [2.75, 3.05) is 19.7 Å². The number of carbonyl (C=O) groups is 1. The zero-order valence-corrected chi connectivity index (χ0v) is 11.2. The highest BCUT2D eigenvalue weighted by Crippen LogP contribution is 2.20. The van der Waals surface area contributed by atoms with E-state index < -0.39 is 6.04 Å². The largest absolute Gasteiger partial charge is 0.396 e. The molecular weight excluding hydrogens is 254 g/mol. The first-order valence-electron chi connectivity index (χ1n) is 6.89. The van der Waals surface area contributed by atoms with E-state index in [0.717, 1.165) is 16.5 Å². The second kappa shape index (κ2) is 5.26. The maximum atomic E-state index is 12.2. The summed E-state index contributed by atoms with van der Waals surface area (Å²) in [7, 11) is 0. The highest BCUT2D eigenvalue weighted by Gasteiger charge is 2.32. The van der Waals surface area contributed by atoms with Gasteiger partial charge in [0.05, 0.1) is 6.04 Å². The van der Waals surface area contributed by atoms with Crippen LogP contribution in [0.4, 0.5) is 0 Å². The van der Waals surface area contributed by atoms with Gasteiger partial charge in [-0.15, -0.1) is 0 Å². The molecule has 1 aliphatic heterocycles. The van der Waals surface area contributed by atoms with Crippen LogP contribution in [0.3, 0.4) is 0 Å². The minimum atomic E-state index is -0.520.